The Kier molecular flexibility index (Phi) is 2.90. The standard InChI is InChI=1S/C14H18O/c1-10-7-8-13(11(2)15)14(9-10)12-5-3-4-6-12/h7-9,12H,3-6H2,1-2H3. The van der Waals surface area contributed by atoms with Gasteiger partial charge in [0.25, 0.3) is 0 Å². The number of carbonyl (C=O) groups excluding carboxylic acids is 1. The molecule has 2 rings (SSSR count). The van der Waals surface area contributed by atoms with E-state index >= 15 is 0 Å². The maximum absolute atomic E-state index is 11.5. The summed E-state index contributed by atoms with van der Waals surface area (Å²) in [6, 6.07) is 6.23. The highest BCUT2D eigenvalue weighted by Crippen LogP contribution is 2.36. The normalized spacial score (nSPS) is 16.9. The summed E-state index contributed by atoms with van der Waals surface area (Å²) < 4.78 is 0. The van der Waals surface area contributed by atoms with Gasteiger partial charge in [0, 0.05) is 5.56 Å². The van der Waals surface area contributed by atoms with Crippen LogP contribution in [-0.2, 0) is 0 Å². The molecule has 1 fully saturated rings. The molecular weight excluding hydrogens is 184 g/mol. The van der Waals surface area contributed by atoms with Gasteiger partial charge >= 0.3 is 0 Å². The Bertz CT molecular complexity index is 373. The highest BCUT2D eigenvalue weighted by atomic mass is 16.1. The van der Waals surface area contributed by atoms with E-state index in [-0.39, 0.29) is 5.78 Å². The van der Waals surface area contributed by atoms with E-state index in [1.54, 1.807) is 6.92 Å². The molecule has 1 heteroatoms. The summed E-state index contributed by atoms with van der Waals surface area (Å²) in [6.07, 6.45) is 5.14. The second-order valence-corrected chi connectivity index (χ2v) is 4.63. The fraction of sp³-hybridized carbons (Fsp3) is 0.500. The van der Waals surface area contributed by atoms with Gasteiger partial charge in [0.05, 0.1) is 0 Å². The molecule has 1 aliphatic carbocycles. The molecule has 0 heterocycles. The molecule has 1 aromatic rings. The van der Waals surface area contributed by atoms with Crippen LogP contribution >= 0.6 is 0 Å². The van der Waals surface area contributed by atoms with Crippen LogP contribution in [0, 0.1) is 6.92 Å². The molecule has 80 valence electrons. The van der Waals surface area contributed by atoms with Crippen molar-refractivity contribution >= 4 is 5.78 Å². The first-order valence-corrected chi connectivity index (χ1v) is 5.80. The Morgan fingerprint density at radius 1 is 1.27 bits per heavy atom. The number of aryl methyl sites for hydroxylation is 1. The molecule has 0 aliphatic heterocycles. The summed E-state index contributed by atoms with van der Waals surface area (Å²) in [5, 5.41) is 0. The lowest BCUT2D eigenvalue weighted by molar-refractivity contribution is 0.101. The van der Waals surface area contributed by atoms with Crippen LogP contribution in [0.15, 0.2) is 18.2 Å². The van der Waals surface area contributed by atoms with E-state index in [4.69, 9.17) is 0 Å². The zero-order valence-corrected chi connectivity index (χ0v) is 9.55. The van der Waals surface area contributed by atoms with E-state index in [2.05, 4.69) is 13.0 Å². The molecule has 1 saturated carbocycles. The smallest absolute Gasteiger partial charge is 0.160 e. The molecule has 1 nitrogen and oxygen atoms in total. The van der Waals surface area contributed by atoms with Crippen molar-refractivity contribution in [2.24, 2.45) is 0 Å². The van der Waals surface area contributed by atoms with Crippen LogP contribution in [0.2, 0.25) is 0 Å². The van der Waals surface area contributed by atoms with Crippen LogP contribution in [-0.4, -0.2) is 5.78 Å². The Morgan fingerprint density at radius 3 is 2.53 bits per heavy atom. The van der Waals surface area contributed by atoms with Gasteiger partial charge in [-0.2, -0.15) is 0 Å². The van der Waals surface area contributed by atoms with Gasteiger partial charge in [0.2, 0.25) is 0 Å². The second kappa shape index (κ2) is 4.18. The average molecular weight is 202 g/mol. The van der Waals surface area contributed by atoms with Crippen LogP contribution in [0.3, 0.4) is 0 Å². The minimum Gasteiger partial charge on any atom is -0.295 e. The van der Waals surface area contributed by atoms with Gasteiger partial charge in [-0.25, -0.2) is 0 Å². The number of ketones is 1. The largest absolute Gasteiger partial charge is 0.295 e. The number of hydrogen-bond acceptors (Lipinski definition) is 1. The molecule has 0 amide bonds. The van der Waals surface area contributed by atoms with Crippen LogP contribution in [0.1, 0.15) is 60.0 Å². The Morgan fingerprint density at radius 2 is 1.93 bits per heavy atom. The van der Waals surface area contributed by atoms with Crippen LogP contribution in [0.25, 0.3) is 0 Å². The highest BCUT2D eigenvalue weighted by molar-refractivity contribution is 5.95. The van der Waals surface area contributed by atoms with Gasteiger partial charge in [-0.3, -0.25) is 4.79 Å². The highest BCUT2D eigenvalue weighted by Gasteiger charge is 2.21. The SMILES string of the molecule is CC(=O)c1ccc(C)cc1C1CCCC1. The van der Waals surface area contributed by atoms with E-state index in [0.717, 1.165) is 5.56 Å². The van der Waals surface area contributed by atoms with E-state index in [1.165, 1.54) is 36.8 Å². The summed E-state index contributed by atoms with van der Waals surface area (Å²) in [7, 11) is 0. The summed E-state index contributed by atoms with van der Waals surface area (Å²) in [4.78, 5) is 11.5. The van der Waals surface area contributed by atoms with Crippen LogP contribution < -0.4 is 0 Å². The molecule has 1 aromatic carbocycles. The fourth-order valence-corrected chi connectivity index (χ4v) is 2.58. The van der Waals surface area contributed by atoms with Gasteiger partial charge in [0.1, 0.15) is 0 Å². The number of benzene rings is 1. The van der Waals surface area contributed by atoms with E-state index in [9.17, 15) is 4.79 Å². The lowest BCUT2D eigenvalue weighted by Gasteiger charge is -2.14. The van der Waals surface area contributed by atoms with E-state index < -0.39 is 0 Å². The Hall–Kier alpha value is -1.11. The molecule has 0 atom stereocenters. The van der Waals surface area contributed by atoms with Gasteiger partial charge in [-0.1, -0.05) is 36.6 Å². The maximum atomic E-state index is 11.5. The maximum Gasteiger partial charge on any atom is 0.160 e. The molecule has 0 spiro atoms. The number of rotatable bonds is 2. The first-order valence-electron chi connectivity index (χ1n) is 5.80. The minimum absolute atomic E-state index is 0.205. The van der Waals surface area contributed by atoms with Crippen molar-refractivity contribution in [3.63, 3.8) is 0 Å². The van der Waals surface area contributed by atoms with Crippen LogP contribution in [0.5, 0.6) is 0 Å². The molecule has 0 bridgehead atoms. The topological polar surface area (TPSA) is 17.1 Å². The first-order chi connectivity index (χ1) is 7.18. The molecule has 0 N–H and O–H groups in total. The number of carbonyl (C=O) groups is 1. The van der Waals surface area contributed by atoms with Gasteiger partial charge in [-0.05, 0) is 38.2 Å². The molecule has 0 radical (unpaired) electrons. The van der Waals surface area contributed by atoms with Crippen molar-refractivity contribution < 1.29 is 4.79 Å². The zero-order chi connectivity index (χ0) is 10.8. The molecular formula is C14H18O. The molecule has 0 aromatic heterocycles. The third-order valence-corrected chi connectivity index (χ3v) is 3.38. The lowest BCUT2D eigenvalue weighted by atomic mass is 9.90. The van der Waals surface area contributed by atoms with E-state index in [1.807, 2.05) is 12.1 Å². The first kappa shape index (κ1) is 10.4. The van der Waals surface area contributed by atoms with Gasteiger partial charge < -0.3 is 0 Å². The number of hydrogen-bond donors (Lipinski definition) is 0. The lowest BCUT2D eigenvalue weighted by Crippen LogP contribution is -2.03. The second-order valence-electron chi connectivity index (χ2n) is 4.63. The quantitative estimate of drug-likeness (QED) is 0.666. The predicted molar refractivity (Wildman–Crippen MR) is 62.4 cm³/mol. The van der Waals surface area contributed by atoms with Gasteiger partial charge in [-0.15, -0.1) is 0 Å². The molecule has 0 unspecified atom stereocenters. The minimum atomic E-state index is 0.205. The van der Waals surface area contributed by atoms with Crippen molar-refractivity contribution in [3.8, 4) is 0 Å². The zero-order valence-electron chi connectivity index (χ0n) is 9.55. The monoisotopic (exact) mass is 202 g/mol. The third kappa shape index (κ3) is 2.11. The third-order valence-electron chi connectivity index (χ3n) is 3.38. The molecule has 15 heavy (non-hydrogen) atoms. The van der Waals surface area contributed by atoms with Crippen molar-refractivity contribution in [2.75, 3.05) is 0 Å². The summed E-state index contributed by atoms with van der Waals surface area (Å²) in [6.45, 7) is 3.77. The van der Waals surface area contributed by atoms with Crippen molar-refractivity contribution in [2.45, 2.75) is 45.4 Å². The van der Waals surface area contributed by atoms with Crippen molar-refractivity contribution in [1.29, 1.82) is 0 Å². The Balaban J connectivity index is 2.41. The predicted octanol–water partition coefficient (Wildman–Crippen LogP) is 3.86. The Labute approximate surface area is 91.5 Å². The summed E-state index contributed by atoms with van der Waals surface area (Å²) in [5.74, 6) is 0.834. The van der Waals surface area contributed by atoms with E-state index in [0.29, 0.717) is 5.92 Å². The molecule has 1 aliphatic rings. The van der Waals surface area contributed by atoms with Crippen molar-refractivity contribution in [3.05, 3.63) is 34.9 Å². The molecule has 0 saturated heterocycles. The van der Waals surface area contributed by atoms with Crippen LogP contribution in [0.4, 0.5) is 0 Å². The van der Waals surface area contributed by atoms with Gasteiger partial charge in [0.15, 0.2) is 5.78 Å². The number of Topliss-reactive ketones (excluding diaryl/α,β-unsaturated/α-hetero) is 1. The fourth-order valence-electron chi connectivity index (χ4n) is 2.58. The summed E-state index contributed by atoms with van der Waals surface area (Å²) in [5.41, 5.74) is 3.49. The van der Waals surface area contributed by atoms with Crippen molar-refractivity contribution in [1.82, 2.24) is 0 Å². The summed E-state index contributed by atoms with van der Waals surface area (Å²) >= 11 is 0. The average Bonchev–Trinajstić information content (AvgIpc) is 2.69.